The van der Waals surface area contributed by atoms with Gasteiger partial charge in [0.05, 0.1) is 60.0 Å². The summed E-state index contributed by atoms with van der Waals surface area (Å²) in [7, 11) is 3.31. The zero-order valence-electron chi connectivity index (χ0n) is 24.2. The summed E-state index contributed by atoms with van der Waals surface area (Å²) in [6, 6.07) is 9.41. The van der Waals surface area contributed by atoms with Crippen LogP contribution in [0, 0.1) is 11.7 Å². The van der Waals surface area contributed by atoms with E-state index in [1.165, 1.54) is 6.07 Å². The normalized spacial score (nSPS) is 22.2. The number of fused-ring (bicyclic) bond motifs is 1. The van der Waals surface area contributed by atoms with Crippen LogP contribution >= 0.6 is 11.6 Å². The molecule has 2 aliphatic rings. The summed E-state index contributed by atoms with van der Waals surface area (Å²) in [5.41, 5.74) is 1.17. The van der Waals surface area contributed by atoms with Crippen molar-refractivity contribution in [3.05, 3.63) is 58.5 Å². The smallest absolute Gasteiger partial charge is 0.306 e. The Morgan fingerprint density at radius 2 is 1.77 bits per heavy atom. The molecule has 0 radical (unpaired) electrons. The summed E-state index contributed by atoms with van der Waals surface area (Å²) in [5.74, 6) is -2.55. The standard InChI is InChI=1S/C31H36ClFN4O6/c1-36-27-6-4-3-5-23(27)29(35-36)30(39)34-26-15-25(33)19(13-24(26)32)14-28(38)37-20(16-42-2)9-10-21(37)17-43-22-11-7-18(8-12-22)31(40)41/h3-6,13,15,18,20-22H,7-12,14,16-17H2,1-2H3,(H,34,39)(H,40,41)/t18?,20-,21+,22?/m1/s1. The van der Waals surface area contributed by atoms with Crippen LogP contribution in [-0.2, 0) is 32.5 Å². The van der Waals surface area contributed by atoms with Crippen LogP contribution in [0.4, 0.5) is 10.1 Å². The Balaban J connectivity index is 1.25. The van der Waals surface area contributed by atoms with E-state index in [0.29, 0.717) is 44.3 Å². The molecular weight excluding hydrogens is 579 g/mol. The Hall–Kier alpha value is -3.54. The van der Waals surface area contributed by atoms with Crippen LogP contribution in [0.25, 0.3) is 10.9 Å². The number of nitrogens with one attached hydrogen (secondary N) is 1. The van der Waals surface area contributed by atoms with Gasteiger partial charge in [-0.25, -0.2) is 4.39 Å². The zero-order valence-corrected chi connectivity index (χ0v) is 25.0. The average Bonchev–Trinajstić information content (AvgIpc) is 3.55. The first-order valence-corrected chi connectivity index (χ1v) is 14.9. The second kappa shape index (κ2) is 13.4. The number of para-hydroxylation sites is 1. The zero-order chi connectivity index (χ0) is 30.7. The lowest BCUT2D eigenvalue weighted by atomic mass is 9.87. The SMILES string of the molecule is COC[C@H]1CC[C@@H](COC2CCC(C(=O)O)CC2)N1C(=O)Cc1cc(Cl)c(NC(=O)c2nn(C)c3ccccc23)cc1F. The number of anilines is 1. The van der Waals surface area contributed by atoms with Gasteiger partial charge in [-0.2, -0.15) is 5.10 Å². The van der Waals surface area contributed by atoms with Crippen molar-refractivity contribution in [2.75, 3.05) is 25.6 Å². The van der Waals surface area contributed by atoms with E-state index in [-0.39, 0.29) is 58.4 Å². The fourth-order valence-corrected chi connectivity index (χ4v) is 6.48. The fourth-order valence-electron chi connectivity index (χ4n) is 6.25. The first kappa shape index (κ1) is 30.9. The number of aromatic nitrogens is 2. The highest BCUT2D eigenvalue weighted by atomic mass is 35.5. The van der Waals surface area contributed by atoms with E-state index >= 15 is 4.39 Å². The van der Waals surface area contributed by atoms with Crippen LogP contribution in [0.3, 0.4) is 0 Å². The summed E-state index contributed by atoms with van der Waals surface area (Å²) < 4.78 is 28.4. The topological polar surface area (TPSA) is 123 Å². The Kier molecular flexibility index (Phi) is 9.63. The molecule has 1 aromatic heterocycles. The van der Waals surface area contributed by atoms with E-state index in [4.69, 9.17) is 21.1 Å². The maximum absolute atomic E-state index is 15.3. The van der Waals surface area contributed by atoms with Crippen molar-refractivity contribution < 1.29 is 33.4 Å². The summed E-state index contributed by atoms with van der Waals surface area (Å²) in [6.45, 7) is 0.674. The number of benzene rings is 2. The summed E-state index contributed by atoms with van der Waals surface area (Å²) in [5, 5.41) is 16.9. The van der Waals surface area contributed by atoms with E-state index in [1.54, 1.807) is 35.9 Å². The maximum Gasteiger partial charge on any atom is 0.306 e. The van der Waals surface area contributed by atoms with Gasteiger partial charge in [-0.3, -0.25) is 19.1 Å². The van der Waals surface area contributed by atoms with E-state index in [9.17, 15) is 19.5 Å². The number of carbonyl (C=O) groups excluding carboxylic acids is 2. The lowest BCUT2D eigenvalue weighted by Gasteiger charge is -2.32. The van der Waals surface area contributed by atoms with Gasteiger partial charge in [-0.1, -0.05) is 29.8 Å². The van der Waals surface area contributed by atoms with Crippen molar-refractivity contribution in [3.8, 4) is 0 Å². The van der Waals surface area contributed by atoms with E-state index in [0.717, 1.165) is 24.4 Å². The first-order chi connectivity index (χ1) is 20.7. The van der Waals surface area contributed by atoms with Crippen LogP contribution in [0.2, 0.25) is 5.02 Å². The molecule has 0 bridgehead atoms. The number of carboxylic acids is 1. The monoisotopic (exact) mass is 614 g/mol. The highest BCUT2D eigenvalue weighted by Crippen LogP contribution is 2.32. The quantitative estimate of drug-likeness (QED) is 0.335. The number of ether oxygens (including phenoxy) is 2. The molecule has 2 fully saturated rings. The van der Waals surface area contributed by atoms with Crippen molar-refractivity contribution in [3.63, 3.8) is 0 Å². The van der Waals surface area contributed by atoms with Crippen LogP contribution in [-0.4, -0.2) is 76.1 Å². The molecule has 1 saturated carbocycles. The number of methoxy groups -OCH3 is 1. The molecule has 0 unspecified atom stereocenters. The number of halogens is 2. The van der Waals surface area contributed by atoms with E-state index in [2.05, 4.69) is 10.4 Å². The van der Waals surface area contributed by atoms with Gasteiger partial charge in [0.25, 0.3) is 5.91 Å². The third-order valence-electron chi connectivity index (χ3n) is 8.51. The molecule has 12 heteroatoms. The van der Waals surface area contributed by atoms with Gasteiger partial charge in [-0.05, 0) is 62.3 Å². The molecule has 43 heavy (non-hydrogen) atoms. The Morgan fingerprint density at radius 1 is 1.07 bits per heavy atom. The van der Waals surface area contributed by atoms with Gasteiger partial charge >= 0.3 is 5.97 Å². The number of hydrogen-bond acceptors (Lipinski definition) is 6. The lowest BCUT2D eigenvalue weighted by molar-refractivity contribution is -0.144. The van der Waals surface area contributed by atoms with E-state index in [1.807, 2.05) is 12.1 Å². The predicted molar refractivity (Wildman–Crippen MR) is 159 cm³/mol. The molecule has 0 spiro atoms. The van der Waals surface area contributed by atoms with E-state index < -0.39 is 17.7 Å². The van der Waals surface area contributed by atoms with Gasteiger partial charge in [0, 0.05) is 19.5 Å². The number of likely N-dealkylation sites (tertiary alicyclic amines) is 1. The number of nitrogens with zero attached hydrogens (tertiary/aromatic N) is 3. The molecule has 5 rings (SSSR count). The molecular formula is C31H36ClFN4O6. The minimum absolute atomic E-state index is 0.0443. The van der Waals surface area contributed by atoms with Crippen molar-refractivity contribution in [1.82, 2.24) is 14.7 Å². The van der Waals surface area contributed by atoms with Crippen LogP contribution in [0.5, 0.6) is 0 Å². The van der Waals surface area contributed by atoms with Crippen LogP contribution in [0.1, 0.15) is 54.6 Å². The molecule has 2 amide bonds. The third-order valence-corrected chi connectivity index (χ3v) is 8.83. The van der Waals surface area contributed by atoms with Gasteiger partial charge < -0.3 is 24.8 Å². The highest BCUT2D eigenvalue weighted by molar-refractivity contribution is 6.34. The van der Waals surface area contributed by atoms with Crippen molar-refractivity contribution in [2.45, 2.75) is 63.1 Å². The number of hydrogen-bond donors (Lipinski definition) is 2. The first-order valence-electron chi connectivity index (χ1n) is 14.5. The van der Waals surface area contributed by atoms with Crippen molar-refractivity contribution in [2.24, 2.45) is 13.0 Å². The number of carboxylic acid groups (broad SMARTS) is 1. The minimum atomic E-state index is -0.766. The fraction of sp³-hybridized carbons (Fsp3) is 0.484. The largest absolute Gasteiger partial charge is 0.481 e. The second-order valence-corrected chi connectivity index (χ2v) is 11.7. The second-order valence-electron chi connectivity index (χ2n) is 11.3. The van der Waals surface area contributed by atoms with Gasteiger partial charge in [0.15, 0.2) is 5.69 Å². The minimum Gasteiger partial charge on any atom is -0.481 e. The number of aliphatic carboxylic acids is 1. The van der Waals surface area contributed by atoms with Gasteiger partial charge in [0.2, 0.25) is 5.91 Å². The molecule has 2 heterocycles. The molecule has 1 saturated heterocycles. The highest BCUT2D eigenvalue weighted by Gasteiger charge is 2.38. The molecule has 2 N–H and O–H groups in total. The Labute approximate surface area is 254 Å². The van der Waals surface area contributed by atoms with Crippen LogP contribution in [0.15, 0.2) is 36.4 Å². The van der Waals surface area contributed by atoms with Gasteiger partial charge in [0.1, 0.15) is 5.82 Å². The number of aryl methyl sites for hydroxylation is 1. The molecule has 2 aromatic carbocycles. The number of amides is 2. The Bertz CT molecular complexity index is 1500. The average molecular weight is 615 g/mol. The van der Waals surface area contributed by atoms with Gasteiger partial charge in [-0.15, -0.1) is 0 Å². The molecule has 2 atom stereocenters. The number of rotatable bonds is 10. The molecule has 10 nitrogen and oxygen atoms in total. The van der Waals surface area contributed by atoms with Crippen molar-refractivity contribution in [1.29, 1.82) is 0 Å². The molecule has 3 aromatic rings. The summed E-state index contributed by atoms with van der Waals surface area (Å²) >= 11 is 6.46. The summed E-state index contributed by atoms with van der Waals surface area (Å²) in [6.07, 6.45) is 3.69. The molecule has 1 aliphatic heterocycles. The molecule has 1 aliphatic carbocycles. The third kappa shape index (κ3) is 6.84. The summed E-state index contributed by atoms with van der Waals surface area (Å²) in [4.78, 5) is 39.6. The Morgan fingerprint density at radius 3 is 2.47 bits per heavy atom. The lowest BCUT2D eigenvalue weighted by Crippen LogP contribution is -2.46. The van der Waals surface area contributed by atoms with Crippen LogP contribution < -0.4 is 5.32 Å². The predicted octanol–water partition coefficient (Wildman–Crippen LogP) is 4.83. The maximum atomic E-state index is 15.3. The number of carbonyl (C=O) groups is 3. The van der Waals surface area contributed by atoms with Crippen molar-refractivity contribution >= 4 is 46.0 Å². The molecule has 230 valence electrons.